The van der Waals surface area contributed by atoms with Crippen LogP contribution in [0.4, 0.5) is 139 Å². The number of nitrogens with zero attached hydrogens (tertiary/aromatic N) is 2. The van der Waals surface area contributed by atoms with Crippen LogP contribution < -0.4 is 9.80 Å². The number of alkyl halides is 6. The predicted molar refractivity (Wildman–Crippen MR) is 180 cm³/mol. The molecule has 26 heteroatoms. The van der Waals surface area contributed by atoms with Gasteiger partial charge in [-0.25, -0.2) is 79.0 Å². The van der Waals surface area contributed by atoms with E-state index < -0.39 is 183 Å². The quantitative estimate of drug-likeness (QED) is 0.0709. The second kappa shape index (κ2) is 15.9. The maximum Gasteiger partial charge on any atom is 0.422 e. The minimum Gasteiger partial charge on any atom is -0.300 e. The van der Waals surface area contributed by atoms with Crippen LogP contribution in [0, 0.1) is 105 Å². The Kier molecular flexibility index (Phi) is 11.3. The summed E-state index contributed by atoms with van der Waals surface area (Å²) in [6.45, 7) is 0. The van der Waals surface area contributed by atoms with Crippen LogP contribution in [0.5, 0.6) is 0 Å². The normalized spacial score (nSPS) is 12.2. The Balaban J connectivity index is 1.50. The van der Waals surface area contributed by atoms with Crippen molar-refractivity contribution < 1.29 is 105 Å². The molecule has 346 valence electrons. The van der Waals surface area contributed by atoms with E-state index in [0.717, 1.165) is 12.1 Å². The summed E-state index contributed by atoms with van der Waals surface area (Å²) in [6, 6.07) is 4.69. The zero-order valence-corrected chi connectivity index (χ0v) is 30.6. The summed E-state index contributed by atoms with van der Waals surface area (Å²) in [5.74, 6) is -54.6. The Bertz CT molecular complexity index is 2900. The summed E-state index contributed by atoms with van der Waals surface area (Å²) in [5.41, 5.74) is -18.9. The second-order valence-corrected chi connectivity index (χ2v) is 13.3. The van der Waals surface area contributed by atoms with Gasteiger partial charge in [0.2, 0.25) is 11.6 Å². The van der Waals surface area contributed by atoms with E-state index in [2.05, 4.69) is 0 Å². The summed E-state index contributed by atoms with van der Waals surface area (Å²) in [7, 11) is 0. The molecule has 7 rings (SSSR count). The molecule has 0 radical (unpaired) electrons. The summed E-state index contributed by atoms with van der Waals surface area (Å²) in [5, 5.41) is -1.57. The predicted octanol–water partition coefficient (Wildman–Crippen LogP) is 15.5. The van der Waals surface area contributed by atoms with Crippen LogP contribution in [0.1, 0.15) is 11.1 Å². The Morgan fingerprint density at radius 1 is 0.258 bits per heavy atom. The van der Waals surface area contributed by atoms with Crippen molar-refractivity contribution >= 4 is 55.7 Å². The number of rotatable bonds is 6. The van der Waals surface area contributed by atoms with Crippen LogP contribution in [0.3, 0.4) is 0 Å². The zero-order valence-electron chi connectivity index (χ0n) is 30.6. The van der Waals surface area contributed by atoms with Crippen LogP contribution in [0.15, 0.2) is 48.5 Å². The highest BCUT2D eigenvalue weighted by Crippen LogP contribution is 2.50. The highest BCUT2D eigenvalue weighted by Gasteiger charge is 2.46. The van der Waals surface area contributed by atoms with Gasteiger partial charge in [-0.15, -0.1) is 0 Å². The molecule has 0 amide bonds. The van der Waals surface area contributed by atoms with Gasteiger partial charge in [0.1, 0.15) is 33.9 Å². The van der Waals surface area contributed by atoms with E-state index in [1.54, 1.807) is 0 Å². The van der Waals surface area contributed by atoms with Crippen molar-refractivity contribution in [1.82, 2.24) is 0 Å². The molecule has 0 unspecified atom stereocenters. The lowest BCUT2D eigenvalue weighted by atomic mass is 9.99. The average Bonchev–Trinajstić information content (AvgIpc) is 3.25. The van der Waals surface area contributed by atoms with Gasteiger partial charge in [-0.3, -0.25) is 9.80 Å². The first-order valence-electron chi connectivity index (χ1n) is 17.0. The third-order valence-electron chi connectivity index (χ3n) is 9.63. The fraction of sp³-hybridized carbons (Fsp3) is 0.0500. The van der Waals surface area contributed by atoms with Crippen LogP contribution in [-0.4, -0.2) is 0 Å². The smallest absolute Gasteiger partial charge is 0.300 e. The number of benzene rings is 7. The number of fused-ring (bicyclic) bond motifs is 3. The molecule has 0 aliphatic heterocycles. The third kappa shape index (κ3) is 6.98. The molecule has 2 nitrogen and oxygen atoms in total. The van der Waals surface area contributed by atoms with E-state index in [1.165, 1.54) is 0 Å². The van der Waals surface area contributed by atoms with Gasteiger partial charge < -0.3 is 0 Å². The summed E-state index contributed by atoms with van der Waals surface area (Å²) in [6.07, 6.45) is -12.4. The highest BCUT2D eigenvalue weighted by atomic mass is 19.4. The molecule has 0 saturated carbocycles. The molecule has 0 atom stereocenters. The molecule has 0 bridgehead atoms. The Hall–Kier alpha value is -7.02. The van der Waals surface area contributed by atoms with Crippen molar-refractivity contribution in [3.05, 3.63) is 164 Å². The molecule has 0 aliphatic carbocycles. The van der Waals surface area contributed by atoms with Crippen LogP contribution in [-0.2, 0) is 12.4 Å². The number of anilines is 6. The van der Waals surface area contributed by atoms with Crippen molar-refractivity contribution in [3.8, 4) is 0 Å². The van der Waals surface area contributed by atoms with E-state index >= 15 is 35.1 Å². The van der Waals surface area contributed by atoms with Crippen molar-refractivity contribution in [1.29, 1.82) is 0 Å². The molecule has 0 heterocycles. The molecule has 66 heavy (non-hydrogen) atoms. The Morgan fingerprint density at radius 2 is 0.470 bits per heavy atom. The lowest BCUT2D eigenvalue weighted by Crippen LogP contribution is -2.23. The Morgan fingerprint density at radius 3 is 0.697 bits per heavy atom. The van der Waals surface area contributed by atoms with Crippen LogP contribution in [0.2, 0.25) is 0 Å². The van der Waals surface area contributed by atoms with E-state index in [0.29, 0.717) is 36.4 Å². The molecule has 0 fully saturated rings. The van der Waals surface area contributed by atoms with E-state index in [-0.39, 0.29) is 10.8 Å². The van der Waals surface area contributed by atoms with Gasteiger partial charge in [0, 0.05) is 11.4 Å². The van der Waals surface area contributed by atoms with Crippen molar-refractivity contribution in [2.75, 3.05) is 9.80 Å². The number of hydrogen-bond donors (Lipinski definition) is 0. The molecule has 7 aromatic carbocycles. The minimum absolute atomic E-state index is 0.322. The number of hydrogen-bond acceptors (Lipinski definition) is 2. The molecule has 0 N–H and O–H groups in total. The lowest BCUT2D eigenvalue weighted by molar-refractivity contribution is -0.144. The summed E-state index contributed by atoms with van der Waals surface area (Å²) >= 11 is 0. The van der Waals surface area contributed by atoms with Gasteiger partial charge in [0.05, 0.1) is 0 Å². The average molecular weight is 972 g/mol. The van der Waals surface area contributed by atoms with Crippen LogP contribution in [0.25, 0.3) is 21.5 Å². The van der Waals surface area contributed by atoms with Gasteiger partial charge in [0.15, 0.2) is 93.1 Å². The maximum absolute atomic E-state index is 15.5. The zero-order chi connectivity index (χ0) is 49.1. The van der Waals surface area contributed by atoms with Gasteiger partial charge in [-0.2, -0.15) is 26.3 Å². The second-order valence-electron chi connectivity index (χ2n) is 13.3. The van der Waals surface area contributed by atoms with Crippen molar-refractivity contribution in [2.45, 2.75) is 12.4 Å². The van der Waals surface area contributed by atoms with Crippen molar-refractivity contribution in [2.24, 2.45) is 0 Å². The molecule has 0 aliphatic rings. The minimum atomic E-state index is -6.20. The monoisotopic (exact) mass is 972 g/mol. The topological polar surface area (TPSA) is 6.48 Å². The fourth-order valence-corrected chi connectivity index (χ4v) is 6.77. The van der Waals surface area contributed by atoms with Gasteiger partial charge in [-0.1, -0.05) is 24.3 Å². The fourth-order valence-electron chi connectivity index (χ4n) is 6.77. The molecule has 0 aromatic heterocycles. The molecular weight excluding hydrogens is 964 g/mol. The van der Waals surface area contributed by atoms with Crippen molar-refractivity contribution in [3.63, 3.8) is 0 Å². The lowest BCUT2D eigenvalue weighted by Gasteiger charge is -2.29. The van der Waals surface area contributed by atoms with Gasteiger partial charge in [-0.05, 0) is 45.8 Å². The molecule has 0 spiro atoms. The first-order chi connectivity index (χ1) is 30.6. The molecule has 7 aromatic rings. The van der Waals surface area contributed by atoms with E-state index in [9.17, 15) is 70.2 Å². The summed E-state index contributed by atoms with van der Waals surface area (Å²) < 4.78 is 349. The van der Waals surface area contributed by atoms with Gasteiger partial charge >= 0.3 is 12.4 Å². The SMILES string of the molecule is Fc1c(F)c(F)c(N(c2ccc3c(ccc4cc(N(c5c(F)c(F)c(F)c(F)c5F)c5c(F)c(F)c(C(F)(F)F)c(F)c5F)ccc43)c2)c2c(F)c(F)c(C(F)(F)F)c(F)c2F)c(F)c1F. The highest BCUT2D eigenvalue weighted by molar-refractivity contribution is 6.09. The standard InChI is InChI=1S/C40H8F24N2/c41-17-15(39(59,60)61)18(42)28(52)35(27(17)51)65(37-31(55)23(47)21(45)24(48)32(37)56)11-3-5-13-9(7-11)1-2-10-8-12(4-6-14(10)13)66(38-33(57)25(49)22(46)26(50)34(38)58)36-29(53)19(43)16(40(62,63)64)20(44)30(36)54/h1-8H. The third-order valence-corrected chi connectivity index (χ3v) is 9.63. The maximum atomic E-state index is 15.5. The number of halogens is 24. The van der Waals surface area contributed by atoms with Gasteiger partial charge in [0.25, 0.3) is 0 Å². The van der Waals surface area contributed by atoms with E-state index in [1.807, 2.05) is 0 Å². The largest absolute Gasteiger partial charge is 0.422 e. The summed E-state index contributed by atoms with van der Waals surface area (Å²) in [4.78, 5) is -1.49. The Labute approximate surface area is 347 Å². The molecular formula is C40H8F24N2. The first-order valence-corrected chi connectivity index (χ1v) is 17.0. The first kappa shape index (κ1) is 47.0. The molecule has 0 saturated heterocycles. The van der Waals surface area contributed by atoms with E-state index in [4.69, 9.17) is 0 Å². The van der Waals surface area contributed by atoms with Crippen LogP contribution >= 0.6 is 0 Å².